The summed E-state index contributed by atoms with van der Waals surface area (Å²) >= 11 is 0. The van der Waals surface area contributed by atoms with E-state index < -0.39 is 12.2 Å². The standard InChI is InChI=1S/C11H20O5/c1-8(13)5-11(16)6-9(14)3-2-4-10(15)7-12/h9-10,12,14-15H,2-7H2,1H3. The van der Waals surface area contributed by atoms with E-state index in [-0.39, 0.29) is 31.0 Å². The number of aliphatic hydroxyl groups is 3. The zero-order chi connectivity index (χ0) is 12.6. The normalized spacial score (nSPS) is 14.5. The van der Waals surface area contributed by atoms with Gasteiger partial charge in [-0.05, 0) is 26.2 Å². The van der Waals surface area contributed by atoms with Crippen molar-refractivity contribution in [2.75, 3.05) is 6.61 Å². The third-order valence-electron chi connectivity index (χ3n) is 2.19. The van der Waals surface area contributed by atoms with Crippen LogP contribution in [-0.4, -0.2) is 45.7 Å². The van der Waals surface area contributed by atoms with Crippen LogP contribution in [0.4, 0.5) is 0 Å². The van der Waals surface area contributed by atoms with E-state index >= 15 is 0 Å². The minimum Gasteiger partial charge on any atom is -0.394 e. The van der Waals surface area contributed by atoms with Gasteiger partial charge >= 0.3 is 0 Å². The first kappa shape index (κ1) is 15.2. The third-order valence-corrected chi connectivity index (χ3v) is 2.19. The van der Waals surface area contributed by atoms with Gasteiger partial charge in [0.15, 0.2) is 0 Å². The van der Waals surface area contributed by atoms with Crippen molar-refractivity contribution in [3.63, 3.8) is 0 Å². The van der Waals surface area contributed by atoms with Crippen LogP contribution in [0, 0.1) is 0 Å². The summed E-state index contributed by atoms with van der Waals surface area (Å²) < 4.78 is 0. The number of hydrogen-bond donors (Lipinski definition) is 3. The fourth-order valence-electron chi connectivity index (χ4n) is 1.40. The number of ketones is 2. The first-order chi connectivity index (χ1) is 7.45. The smallest absolute Gasteiger partial charge is 0.142 e. The lowest BCUT2D eigenvalue weighted by Gasteiger charge is -2.10. The SMILES string of the molecule is CC(=O)CC(=O)CC(O)CCCC(O)CO. The van der Waals surface area contributed by atoms with Crippen molar-refractivity contribution in [1.82, 2.24) is 0 Å². The number of rotatable bonds is 9. The van der Waals surface area contributed by atoms with Crippen molar-refractivity contribution < 1.29 is 24.9 Å². The van der Waals surface area contributed by atoms with E-state index in [0.717, 1.165) is 0 Å². The Balaban J connectivity index is 3.61. The van der Waals surface area contributed by atoms with E-state index in [9.17, 15) is 14.7 Å². The highest BCUT2D eigenvalue weighted by atomic mass is 16.3. The molecule has 0 saturated carbocycles. The molecule has 0 aliphatic rings. The Bertz CT molecular complexity index is 226. The van der Waals surface area contributed by atoms with Crippen molar-refractivity contribution in [2.24, 2.45) is 0 Å². The zero-order valence-electron chi connectivity index (χ0n) is 9.56. The molecule has 0 rings (SSSR count). The van der Waals surface area contributed by atoms with Gasteiger partial charge in [-0.15, -0.1) is 0 Å². The average Bonchev–Trinajstić information content (AvgIpc) is 2.15. The molecule has 16 heavy (non-hydrogen) atoms. The van der Waals surface area contributed by atoms with Gasteiger partial charge < -0.3 is 15.3 Å². The van der Waals surface area contributed by atoms with E-state index in [2.05, 4.69) is 0 Å². The number of aliphatic hydroxyl groups excluding tert-OH is 3. The first-order valence-corrected chi connectivity index (χ1v) is 5.43. The molecule has 5 heteroatoms. The van der Waals surface area contributed by atoms with Gasteiger partial charge in [-0.1, -0.05) is 0 Å². The number of hydrogen-bond acceptors (Lipinski definition) is 5. The van der Waals surface area contributed by atoms with E-state index in [1.165, 1.54) is 6.92 Å². The van der Waals surface area contributed by atoms with Gasteiger partial charge in [0.25, 0.3) is 0 Å². The molecule has 0 spiro atoms. The van der Waals surface area contributed by atoms with Gasteiger partial charge in [0.05, 0.1) is 25.2 Å². The van der Waals surface area contributed by atoms with Gasteiger partial charge in [0.2, 0.25) is 0 Å². The molecule has 2 atom stereocenters. The molecule has 0 fully saturated rings. The molecule has 0 amide bonds. The Morgan fingerprint density at radius 3 is 2.19 bits per heavy atom. The molecule has 0 bridgehead atoms. The summed E-state index contributed by atoms with van der Waals surface area (Å²) in [7, 11) is 0. The topological polar surface area (TPSA) is 94.8 Å². The van der Waals surface area contributed by atoms with Gasteiger partial charge in [-0.3, -0.25) is 9.59 Å². The summed E-state index contributed by atoms with van der Waals surface area (Å²) in [5.41, 5.74) is 0. The highest BCUT2D eigenvalue weighted by molar-refractivity contribution is 5.98. The Morgan fingerprint density at radius 1 is 1.12 bits per heavy atom. The second-order valence-corrected chi connectivity index (χ2v) is 4.04. The largest absolute Gasteiger partial charge is 0.394 e. The minimum atomic E-state index is -0.766. The summed E-state index contributed by atoms with van der Waals surface area (Å²) in [6.07, 6.45) is -0.353. The lowest BCUT2D eigenvalue weighted by molar-refractivity contribution is -0.127. The van der Waals surface area contributed by atoms with Gasteiger partial charge in [-0.25, -0.2) is 0 Å². The summed E-state index contributed by atoms with van der Waals surface area (Å²) in [6.45, 7) is 1.04. The molecule has 0 saturated heterocycles. The number of carbonyl (C=O) groups excluding carboxylic acids is 2. The predicted octanol–water partition coefficient (Wildman–Crippen LogP) is -0.191. The third kappa shape index (κ3) is 8.52. The van der Waals surface area contributed by atoms with Gasteiger partial charge in [0, 0.05) is 6.42 Å². The molecule has 5 nitrogen and oxygen atoms in total. The maximum atomic E-state index is 11.1. The van der Waals surface area contributed by atoms with Crippen LogP contribution in [0.2, 0.25) is 0 Å². The van der Waals surface area contributed by atoms with Crippen molar-refractivity contribution >= 4 is 11.6 Å². The van der Waals surface area contributed by atoms with Crippen LogP contribution in [0.1, 0.15) is 39.0 Å². The first-order valence-electron chi connectivity index (χ1n) is 5.43. The molecule has 94 valence electrons. The fraction of sp³-hybridized carbons (Fsp3) is 0.818. The molecule has 0 aromatic heterocycles. The van der Waals surface area contributed by atoms with Crippen molar-refractivity contribution in [2.45, 2.75) is 51.2 Å². The van der Waals surface area contributed by atoms with Crippen LogP contribution in [0.3, 0.4) is 0 Å². The Morgan fingerprint density at radius 2 is 1.69 bits per heavy atom. The van der Waals surface area contributed by atoms with Crippen molar-refractivity contribution in [3.05, 3.63) is 0 Å². The lowest BCUT2D eigenvalue weighted by atomic mass is 10.0. The molecule has 0 aromatic carbocycles. The molecule has 0 radical (unpaired) electrons. The van der Waals surface area contributed by atoms with E-state index in [1.807, 2.05) is 0 Å². The van der Waals surface area contributed by atoms with Crippen LogP contribution in [0.15, 0.2) is 0 Å². The highest BCUT2D eigenvalue weighted by Crippen LogP contribution is 2.08. The minimum absolute atomic E-state index is 0.0190. The average molecular weight is 232 g/mol. The van der Waals surface area contributed by atoms with Gasteiger partial charge in [-0.2, -0.15) is 0 Å². The quantitative estimate of drug-likeness (QED) is 0.479. The second-order valence-electron chi connectivity index (χ2n) is 4.04. The molecule has 0 aliphatic heterocycles. The zero-order valence-corrected chi connectivity index (χ0v) is 9.56. The highest BCUT2D eigenvalue weighted by Gasteiger charge is 2.13. The Labute approximate surface area is 95.1 Å². The molecule has 2 unspecified atom stereocenters. The molecule has 0 aromatic rings. The van der Waals surface area contributed by atoms with E-state index in [4.69, 9.17) is 10.2 Å². The molecular weight excluding hydrogens is 212 g/mol. The predicted molar refractivity (Wildman–Crippen MR) is 57.9 cm³/mol. The van der Waals surface area contributed by atoms with Crippen LogP contribution in [0.5, 0.6) is 0 Å². The Kier molecular flexibility index (Phi) is 7.97. The van der Waals surface area contributed by atoms with Crippen LogP contribution >= 0.6 is 0 Å². The maximum absolute atomic E-state index is 11.1. The van der Waals surface area contributed by atoms with E-state index in [1.54, 1.807) is 0 Å². The van der Waals surface area contributed by atoms with Crippen LogP contribution in [-0.2, 0) is 9.59 Å². The Hall–Kier alpha value is -0.780. The van der Waals surface area contributed by atoms with Gasteiger partial charge in [0.1, 0.15) is 11.6 Å². The van der Waals surface area contributed by atoms with Crippen molar-refractivity contribution in [3.8, 4) is 0 Å². The molecular formula is C11H20O5. The van der Waals surface area contributed by atoms with E-state index in [0.29, 0.717) is 19.3 Å². The maximum Gasteiger partial charge on any atom is 0.142 e. The summed E-state index contributed by atoms with van der Waals surface area (Å²) in [5, 5.41) is 27.0. The molecule has 0 aliphatic carbocycles. The fourth-order valence-corrected chi connectivity index (χ4v) is 1.40. The molecule has 0 heterocycles. The number of carbonyl (C=O) groups is 2. The summed E-state index contributed by atoms with van der Waals surface area (Å²) in [4.78, 5) is 21.8. The van der Waals surface area contributed by atoms with Crippen molar-refractivity contribution in [1.29, 1.82) is 0 Å². The van der Waals surface area contributed by atoms with Crippen LogP contribution < -0.4 is 0 Å². The molecule has 3 N–H and O–H groups in total. The summed E-state index contributed by atoms with van der Waals surface area (Å²) in [5.74, 6) is -0.462. The number of Topliss-reactive ketones (excluding diaryl/α,β-unsaturated/α-hetero) is 2. The van der Waals surface area contributed by atoms with Crippen LogP contribution in [0.25, 0.3) is 0 Å². The lowest BCUT2D eigenvalue weighted by Crippen LogP contribution is -2.17. The monoisotopic (exact) mass is 232 g/mol. The second kappa shape index (κ2) is 8.38. The summed E-state index contributed by atoms with van der Waals surface area (Å²) in [6, 6.07) is 0.